The molecule has 0 radical (unpaired) electrons. The highest BCUT2D eigenvalue weighted by molar-refractivity contribution is 7.90. The molecule has 0 aliphatic rings. The van der Waals surface area contributed by atoms with Crippen LogP contribution in [0, 0.1) is 5.82 Å². The number of nitrogens with zero attached hydrogens (tertiary/aromatic N) is 2. The van der Waals surface area contributed by atoms with Gasteiger partial charge in [0.2, 0.25) is 0 Å². The van der Waals surface area contributed by atoms with Gasteiger partial charge in [-0.15, -0.1) is 24.8 Å². The van der Waals surface area contributed by atoms with E-state index in [4.69, 9.17) is 30.4 Å². The number of aromatic nitrogens is 2. The van der Waals surface area contributed by atoms with Gasteiger partial charge in [0.25, 0.3) is 0 Å². The van der Waals surface area contributed by atoms with Crippen molar-refractivity contribution in [3.63, 3.8) is 0 Å². The zero-order valence-electron chi connectivity index (χ0n) is 28.4. The molecule has 8 nitrogen and oxygen atoms in total. The van der Waals surface area contributed by atoms with Gasteiger partial charge in [0, 0.05) is 38.9 Å². The topological polar surface area (TPSA) is 106 Å². The summed E-state index contributed by atoms with van der Waals surface area (Å²) in [7, 11) is -5.52. The molecule has 2 N–H and O–H groups in total. The molecule has 222 valence electrons. The highest BCUT2D eigenvalue weighted by Gasteiger charge is 2.11. The summed E-state index contributed by atoms with van der Waals surface area (Å²) in [6, 6.07) is 19.4. The van der Waals surface area contributed by atoms with E-state index in [-0.39, 0.29) is 43.0 Å². The Morgan fingerprint density at radius 2 is 1.93 bits per heavy atom. The molecule has 5 aromatic rings. The maximum absolute atomic E-state index is 13.5. The SMILES string of the molecule is Cl.Cl.[2H]C([2H])(NCc1ccc(-c2ccc3ncnc(Nc4ccc(OCc5cccc(F)c5)c(Cl)c4)c3c2)o1)C([2H])([2H])S(=O)(=O)C([2H])([2H])[2H]. The van der Waals surface area contributed by atoms with Gasteiger partial charge >= 0.3 is 0 Å². The summed E-state index contributed by atoms with van der Waals surface area (Å²) in [6.45, 7) is -3.60. The molecule has 0 fully saturated rings. The standard InChI is InChI=1S/C29H26ClFN4O4S.2ClH/c1-40(36,37)12-11-32-16-23-7-10-27(39-23)20-5-8-26-24(14-20)29(34-18-33-26)35-22-6-9-28(25(30)15-22)38-17-19-3-2-4-21(31)13-19;;/h2-10,13-15,18,32H,11-12,16-17H2,1H3,(H,33,34,35);2*1H/i1D3,11D2,12D2;;. The van der Waals surface area contributed by atoms with Crippen molar-refractivity contribution in [1.29, 1.82) is 0 Å². The Labute approximate surface area is 270 Å². The molecule has 0 bridgehead atoms. The van der Waals surface area contributed by atoms with E-state index in [0.29, 0.717) is 50.1 Å². The highest BCUT2D eigenvalue weighted by atomic mass is 35.5. The molecule has 0 saturated carbocycles. The van der Waals surface area contributed by atoms with Gasteiger partial charge in [-0.1, -0.05) is 23.7 Å². The largest absolute Gasteiger partial charge is 0.487 e. The van der Waals surface area contributed by atoms with Crippen LogP contribution in [-0.2, 0) is 23.0 Å². The van der Waals surface area contributed by atoms with Gasteiger partial charge in [-0.25, -0.2) is 22.8 Å². The number of hydrogen-bond donors (Lipinski definition) is 2. The third-order valence-electron chi connectivity index (χ3n) is 5.60. The summed E-state index contributed by atoms with van der Waals surface area (Å²) in [4.78, 5) is 8.66. The van der Waals surface area contributed by atoms with Crippen molar-refractivity contribution in [3.8, 4) is 17.1 Å². The first-order valence-corrected chi connectivity index (χ1v) is 13.6. The second-order valence-corrected chi connectivity index (χ2v) is 10.1. The summed E-state index contributed by atoms with van der Waals surface area (Å²) in [5.74, 6) is 0.961. The zero-order valence-corrected chi connectivity index (χ0v) is 24.6. The molecule has 0 unspecified atom stereocenters. The van der Waals surface area contributed by atoms with Crippen LogP contribution in [0.3, 0.4) is 0 Å². The summed E-state index contributed by atoms with van der Waals surface area (Å²) in [6.07, 6.45) is -2.37. The zero-order chi connectivity index (χ0) is 34.2. The third-order valence-corrected chi connectivity index (χ3v) is 6.26. The van der Waals surface area contributed by atoms with Crippen LogP contribution < -0.4 is 15.4 Å². The van der Waals surface area contributed by atoms with Crippen molar-refractivity contribution in [2.75, 3.05) is 23.7 Å². The van der Waals surface area contributed by atoms with E-state index in [9.17, 15) is 12.8 Å². The Kier molecular flexibility index (Phi) is 8.40. The van der Waals surface area contributed by atoms with Crippen molar-refractivity contribution in [1.82, 2.24) is 15.3 Å². The molecule has 2 aromatic heterocycles. The number of furan rings is 1. The maximum Gasteiger partial charge on any atom is 0.148 e. The lowest BCUT2D eigenvalue weighted by atomic mass is 10.1. The van der Waals surface area contributed by atoms with Crippen LogP contribution in [0.2, 0.25) is 5.02 Å². The van der Waals surface area contributed by atoms with Gasteiger partial charge in [-0.05, 0) is 66.2 Å². The van der Waals surface area contributed by atoms with Gasteiger partial charge < -0.3 is 19.8 Å². The Morgan fingerprint density at radius 1 is 1.07 bits per heavy atom. The van der Waals surface area contributed by atoms with Crippen LogP contribution in [0.5, 0.6) is 5.75 Å². The van der Waals surface area contributed by atoms with Crippen molar-refractivity contribution in [3.05, 3.63) is 101 Å². The van der Waals surface area contributed by atoms with Gasteiger partial charge in [0.1, 0.15) is 51.7 Å². The molecule has 5 rings (SSSR count). The Hall–Kier alpha value is -3.41. The number of fused-ring (bicyclic) bond motifs is 1. The second-order valence-electron chi connectivity index (χ2n) is 8.49. The van der Waals surface area contributed by atoms with Crippen molar-refractivity contribution >= 4 is 68.7 Å². The summed E-state index contributed by atoms with van der Waals surface area (Å²) < 4.78 is 102. The molecule has 0 atom stereocenters. The molecular weight excluding hydrogens is 626 g/mol. The fourth-order valence-electron chi connectivity index (χ4n) is 3.79. The lowest BCUT2D eigenvalue weighted by Crippen LogP contribution is -2.21. The Morgan fingerprint density at radius 3 is 2.71 bits per heavy atom. The predicted molar refractivity (Wildman–Crippen MR) is 169 cm³/mol. The summed E-state index contributed by atoms with van der Waals surface area (Å²) >= 11 is 6.45. The predicted octanol–water partition coefficient (Wildman–Crippen LogP) is 6.98. The number of nitrogens with one attached hydrogen (secondary N) is 2. The normalized spacial score (nSPS) is 14.5. The number of hydrogen-bond acceptors (Lipinski definition) is 8. The minimum Gasteiger partial charge on any atom is -0.487 e. The number of benzene rings is 3. The Bertz CT molecular complexity index is 2050. The quantitative estimate of drug-likeness (QED) is 0.156. The first-order valence-electron chi connectivity index (χ1n) is 15.3. The van der Waals surface area contributed by atoms with Crippen LogP contribution >= 0.6 is 36.4 Å². The lowest BCUT2D eigenvalue weighted by Gasteiger charge is -2.12. The number of sulfone groups is 1. The first-order chi connectivity index (χ1) is 22.0. The van der Waals surface area contributed by atoms with Crippen LogP contribution in [0.15, 0.2) is 83.5 Å². The molecule has 2 heterocycles. The van der Waals surface area contributed by atoms with E-state index in [1.165, 1.54) is 24.5 Å². The van der Waals surface area contributed by atoms with Gasteiger partial charge in [-0.3, -0.25) is 0 Å². The van der Waals surface area contributed by atoms with E-state index >= 15 is 0 Å². The van der Waals surface area contributed by atoms with Crippen molar-refractivity contribution in [2.45, 2.75) is 13.2 Å². The van der Waals surface area contributed by atoms with Gasteiger partial charge in [-0.2, -0.15) is 0 Å². The molecule has 0 saturated heterocycles. The Balaban J connectivity index is 0.00000325. The minimum absolute atomic E-state index is 0. The van der Waals surface area contributed by atoms with E-state index < -0.39 is 34.8 Å². The molecule has 0 aliphatic carbocycles. The van der Waals surface area contributed by atoms with Crippen LogP contribution in [0.4, 0.5) is 15.9 Å². The molecule has 42 heavy (non-hydrogen) atoms. The molecule has 0 amide bonds. The monoisotopic (exact) mass is 659 g/mol. The maximum atomic E-state index is 13.5. The van der Waals surface area contributed by atoms with Gasteiger partial charge in [0.05, 0.1) is 22.8 Å². The fraction of sp³-hybridized carbons (Fsp3) is 0.172. The minimum atomic E-state index is -5.52. The average Bonchev–Trinajstić information content (AvgIpc) is 3.48. The second kappa shape index (κ2) is 14.7. The molecule has 3 aromatic carbocycles. The molecule has 0 aliphatic heterocycles. The van der Waals surface area contributed by atoms with E-state index in [1.54, 1.807) is 54.6 Å². The van der Waals surface area contributed by atoms with Crippen molar-refractivity contribution in [2.24, 2.45) is 0 Å². The average molecular weight is 661 g/mol. The van der Waals surface area contributed by atoms with E-state index in [2.05, 4.69) is 20.6 Å². The highest BCUT2D eigenvalue weighted by Crippen LogP contribution is 2.32. The van der Waals surface area contributed by atoms with Crippen LogP contribution in [0.25, 0.3) is 22.2 Å². The van der Waals surface area contributed by atoms with Crippen LogP contribution in [0.1, 0.15) is 20.9 Å². The third kappa shape index (κ3) is 8.80. The molecule has 13 heteroatoms. The van der Waals surface area contributed by atoms with E-state index in [1.807, 2.05) is 0 Å². The first kappa shape index (κ1) is 24.1. The molecule has 0 spiro atoms. The van der Waals surface area contributed by atoms with E-state index in [0.717, 1.165) is 0 Å². The smallest absolute Gasteiger partial charge is 0.148 e. The number of anilines is 2. The van der Waals surface area contributed by atoms with Crippen LogP contribution in [-0.4, -0.2) is 36.8 Å². The fourth-order valence-corrected chi connectivity index (χ4v) is 4.23. The van der Waals surface area contributed by atoms with Crippen molar-refractivity contribution < 1.29 is 31.6 Å². The summed E-state index contributed by atoms with van der Waals surface area (Å²) in [5.41, 5.74) is -1.34. The number of halogens is 4. The summed E-state index contributed by atoms with van der Waals surface area (Å²) in [5, 5.41) is 6.26. The van der Waals surface area contributed by atoms with Gasteiger partial charge in [0.15, 0.2) is 0 Å². The lowest BCUT2D eigenvalue weighted by molar-refractivity contribution is 0.306. The number of ether oxygens (including phenoxy) is 1. The molecular formula is C29H28Cl3FN4O4S. The number of rotatable bonds is 11.